The first-order valence-corrected chi connectivity index (χ1v) is 16.4. The van der Waals surface area contributed by atoms with Crippen molar-refractivity contribution >= 4 is 60.9 Å². The fraction of sp³-hybridized carbons (Fsp3) is 0.500. The molecule has 3 saturated heterocycles. The number of nitrogens with two attached hydrogens (primary N) is 2. The summed E-state index contributed by atoms with van der Waals surface area (Å²) in [6.07, 6.45) is -9.38. The fourth-order valence-corrected chi connectivity index (χ4v) is 7.33. The van der Waals surface area contributed by atoms with Crippen LogP contribution in [0.15, 0.2) is 23.8 Å². The molecule has 0 spiro atoms. The Kier molecular flexibility index (Phi) is 7.40. The minimum atomic E-state index is -4.33. The Labute approximate surface area is 249 Å². The van der Waals surface area contributed by atoms with E-state index in [2.05, 4.69) is 29.9 Å². The molecule has 0 radical (unpaired) electrons. The highest BCUT2D eigenvalue weighted by Gasteiger charge is 2.55. The first kappa shape index (κ1) is 29.5. The predicted molar refractivity (Wildman–Crippen MR) is 146 cm³/mol. The minimum Gasteiger partial charge on any atom is -0.382 e. The van der Waals surface area contributed by atoms with E-state index in [0.29, 0.717) is 0 Å². The molecule has 234 valence electrons. The highest BCUT2D eigenvalue weighted by molar-refractivity contribution is 8.07. The summed E-state index contributed by atoms with van der Waals surface area (Å²) in [6.45, 7) is -5.62. The lowest BCUT2D eigenvalue weighted by Gasteiger charge is -2.26. The summed E-state index contributed by atoms with van der Waals surface area (Å²) in [7, 11) is -3.08. The number of anilines is 2. The van der Waals surface area contributed by atoms with Crippen molar-refractivity contribution in [2.75, 3.05) is 24.7 Å². The van der Waals surface area contributed by atoms with Gasteiger partial charge in [0.25, 0.3) is 5.56 Å². The number of H-pyrrole nitrogens is 1. The molecule has 44 heavy (non-hydrogen) atoms. The Bertz CT molecular complexity index is 1880. The third-order valence-corrected chi connectivity index (χ3v) is 9.46. The summed E-state index contributed by atoms with van der Waals surface area (Å²) in [5, 5.41) is 0. The molecule has 3 aliphatic rings. The summed E-state index contributed by atoms with van der Waals surface area (Å²) < 4.78 is 80.0. The number of nitrogens with zero attached hydrogens (tertiary/aromatic N) is 7. The molecule has 6 N–H and O–H groups in total. The van der Waals surface area contributed by atoms with E-state index in [-0.39, 0.29) is 34.1 Å². The SMILES string of the molecule is Nc1nc2c(ncn2[C@@H]2O[C@@H]3CO[P+](=O)O[C@@H]4C(COP(O)(=S)O[C@@H]2[C@@H]3F)O[C@@H](n2cnc3c(N)ncnc32)[C@H]4F)c(=O)[nH]1. The fourth-order valence-electron chi connectivity index (χ4n) is 5.15. The van der Waals surface area contributed by atoms with Crippen LogP contribution in [0.25, 0.3) is 22.3 Å². The van der Waals surface area contributed by atoms with Gasteiger partial charge < -0.3 is 30.4 Å². The largest absolute Gasteiger partial charge is 0.697 e. The molecule has 0 saturated carbocycles. The molecule has 4 aromatic heterocycles. The topological polar surface area (TPSA) is 252 Å². The number of halogens is 2. The van der Waals surface area contributed by atoms with Crippen molar-refractivity contribution in [3.63, 3.8) is 0 Å². The van der Waals surface area contributed by atoms with Gasteiger partial charge in [-0.3, -0.25) is 23.4 Å². The zero-order valence-corrected chi connectivity index (χ0v) is 24.4. The second-order valence-electron chi connectivity index (χ2n) is 9.80. The Balaban J connectivity index is 1.18. The lowest BCUT2D eigenvalue weighted by Crippen LogP contribution is -2.33. The Morgan fingerprint density at radius 2 is 1.73 bits per heavy atom. The lowest BCUT2D eigenvalue weighted by atomic mass is 10.1. The molecule has 0 aromatic carbocycles. The van der Waals surface area contributed by atoms with Crippen molar-refractivity contribution in [2.45, 2.75) is 49.2 Å². The lowest BCUT2D eigenvalue weighted by molar-refractivity contribution is -0.0580. The van der Waals surface area contributed by atoms with Crippen molar-refractivity contribution < 1.29 is 45.8 Å². The summed E-state index contributed by atoms with van der Waals surface area (Å²) >= 11 is 5.15. The van der Waals surface area contributed by atoms with Crippen LogP contribution in [0.1, 0.15) is 12.5 Å². The van der Waals surface area contributed by atoms with Crippen LogP contribution in [0.5, 0.6) is 0 Å². The van der Waals surface area contributed by atoms with Crippen LogP contribution < -0.4 is 17.0 Å². The number of hydrogen-bond donors (Lipinski definition) is 4. The highest BCUT2D eigenvalue weighted by Crippen LogP contribution is 2.52. The first-order chi connectivity index (χ1) is 21.0. The number of alkyl halides is 2. The predicted octanol–water partition coefficient (Wildman–Crippen LogP) is 0.286. The van der Waals surface area contributed by atoms with E-state index in [1.165, 1.54) is 10.9 Å². The summed E-state index contributed by atoms with van der Waals surface area (Å²) in [6, 6.07) is 0. The van der Waals surface area contributed by atoms with Crippen molar-refractivity contribution in [2.24, 2.45) is 0 Å². The van der Waals surface area contributed by atoms with Crippen LogP contribution in [0.2, 0.25) is 0 Å². The van der Waals surface area contributed by atoms with Gasteiger partial charge in [-0.1, -0.05) is 0 Å². The Morgan fingerprint density at radius 3 is 2.52 bits per heavy atom. The molecule has 0 amide bonds. The maximum atomic E-state index is 15.8. The quantitative estimate of drug-likeness (QED) is 0.208. The number of rotatable bonds is 2. The molecule has 3 aliphatic heterocycles. The van der Waals surface area contributed by atoms with Crippen LogP contribution in [0.4, 0.5) is 20.5 Å². The van der Waals surface area contributed by atoms with Crippen LogP contribution in [-0.2, 0) is 43.9 Å². The molecule has 4 aromatic rings. The van der Waals surface area contributed by atoms with Gasteiger partial charge in [-0.25, -0.2) is 28.7 Å². The average Bonchev–Trinajstić information content (AvgIpc) is 3.72. The highest BCUT2D eigenvalue weighted by atomic mass is 32.5. The standard InChI is InChI=1S/C20H20F2N10O9P2S/c21-8-6-1-36-42(34)40-12-7(39-18(9(12)22)31-4-27-10-14(23)25-3-26-15(10)31)2-37-43(35,44)41-13(8)19(38-6)32-5-28-11-16(32)29-20(24)30-17(11)33/h3-9,12-13,18-19H,1-2H2,(H5-,23,24,25,26,29,30,33,35,44)/p+1/t6-,7?,8-,9+,12-,13-,18-,19-,43?/m1/s1. The van der Waals surface area contributed by atoms with E-state index < -0.39 is 83.0 Å². The maximum absolute atomic E-state index is 15.8. The maximum Gasteiger partial charge on any atom is 0.697 e. The van der Waals surface area contributed by atoms with Gasteiger partial charge in [0.1, 0.15) is 36.8 Å². The number of aromatic nitrogens is 8. The van der Waals surface area contributed by atoms with Crippen LogP contribution in [0.3, 0.4) is 0 Å². The summed E-state index contributed by atoms with van der Waals surface area (Å²) in [5.74, 6) is -0.201. The van der Waals surface area contributed by atoms with Gasteiger partial charge in [0.05, 0.1) is 19.3 Å². The van der Waals surface area contributed by atoms with E-state index in [1.54, 1.807) is 0 Å². The molecule has 2 bridgehead atoms. The normalized spacial score (nSPS) is 35.8. The van der Waals surface area contributed by atoms with E-state index in [0.717, 1.165) is 17.2 Å². The zero-order chi connectivity index (χ0) is 30.9. The van der Waals surface area contributed by atoms with Gasteiger partial charge >= 0.3 is 15.0 Å². The minimum absolute atomic E-state index is 0.0509. The molecule has 0 aliphatic carbocycles. The van der Waals surface area contributed by atoms with Crippen LogP contribution in [-0.4, -0.2) is 93.9 Å². The molecule has 7 heterocycles. The molecule has 19 nitrogen and oxygen atoms in total. The summed E-state index contributed by atoms with van der Waals surface area (Å²) in [4.78, 5) is 45.5. The van der Waals surface area contributed by atoms with Crippen molar-refractivity contribution in [3.8, 4) is 0 Å². The van der Waals surface area contributed by atoms with Gasteiger partial charge in [-0.15, -0.1) is 9.05 Å². The van der Waals surface area contributed by atoms with Crippen LogP contribution >= 0.6 is 15.0 Å². The average molecular weight is 677 g/mol. The molecule has 10 atom stereocenters. The van der Waals surface area contributed by atoms with Gasteiger partial charge in [0.2, 0.25) is 5.95 Å². The second kappa shape index (κ2) is 11.0. The third-order valence-electron chi connectivity index (χ3n) is 7.13. The number of nitrogens with one attached hydrogen (secondary N) is 1. The molecule has 3 unspecified atom stereocenters. The number of hydrogen-bond acceptors (Lipinski definition) is 16. The van der Waals surface area contributed by atoms with Crippen molar-refractivity contribution in [3.05, 3.63) is 29.3 Å². The van der Waals surface area contributed by atoms with Gasteiger partial charge in [0, 0.05) is 4.57 Å². The van der Waals surface area contributed by atoms with E-state index in [1.807, 2.05) is 0 Å². The van der Waals surface area contributed by atoms with Gasteiger partial charge in [0.15, 0.2) is 53.5 Å². The Hall–Kier alpha value is -3.17. The van der Waals surface area contributed by atoms with Gasteiger partial charge in [-0.2, -0.15) is 4.98 Å². The summed E-state index contributed by atoms with van der Waals surface area (Å²) in [5.41, 5.74) is 10.9. The number of ether oxygens (including phenoxy) is 2. The van der Waals surface area contributed by atoms with E-state index >= 15 is 8.78 Å². The van der Waals surface area contributed by atoms with Crippen molar-refractivity contribution in [1.82, 2.24) is 39.0 Å². The third kappa shape index (κ3) is 5.06. The molecular formula is C20H21F2N10O9P2S+. The molecule has 24 heteroatoms. The number of imidazole rings is 2. The van der Waals surface area contributed by atoms with Gasteiger partial charge in [-0.05, 0) is 11.8 Å². The van der Waals surface area contributed by atoms with E-state index in [9.17, 15) is 14.3 Å². The molecule has 7 rings (SSSR count). The second-order valence-corrected chi connectivity index (χ2v) is 13.5. The smallest absolute Gasteiger partial charge is 0.382 e. The monoisotopic (exact) mass is 677 g/mol. The number of nitrogen functional groups attached to an aromatic ring is 2. The number of fused-ring (bicyclic) bond motifs is 5. The van der Waals surface area contributed by atoms with Crippen LogP contribution in [0, 0.1) is 0 Å². The zero-order valence-electron chi connectivity index (χ0n) is 21.8. The molecule has 3 fully saturated rings. The molecular weight excluding hydrogens is 656 g/mol. The first-order valence-electron chi connectivity index (χ1n) is 12.7. The number of aromatic amines is 1. The van der Waals surface area contributed by atoms with Crippen molar-refractivity contribution in [1.29, 1.82) is 0 Å². The van der Waals surface area contributed by atoms with E-state index in [4.69, 9.17) is 50.8 Å². The Morgan fingerprint density at radius 1 is 1.00 bits per heavy atom.